The lowest BCUT2D eigenvalue weighted by Gasteiger charge is -2.38. The van der Waals surface area contributed by atoms with Crippen molar-refractivity contribution in [3.63, 3.8) is 0 Å². The van der Waals surface area contributed by atoms with E-state index in [-0.39, 0.29) is 13.0 Å². The van der Waals surface area contributed by atoms with E-state index in [1.807, 2.05) is 0 Å². The quantitative estimate of drug-likeness (QED) is 0.718. The minimum absolute atomic E-state index is 0.0590. The first-order chi connectivity index (χ1) is 8.14. The summed E-state index contributed by atoms with van der Waals surface area (Å²) in [7, 11) is 0. The molecular formula is C11H17F2NO4. The molecule has 0 unspecified atom stereocenters. The van der Waals surface area contributed by atoms with Gasteiger partial charge in [0.2, 0.25) is 0 Å². The molecule has 1 saturated heterocycles. The summed E-state index contributed by atoms with van der Waals surface area (Å²) in [6.07, 6.45) is -3.21. The number of ether oxygens (including phenoxy) is 2. The largest absolute Gasteiger partial charge is 0.444 e. The number of carbonyl (C=O) groups is 2. The van der Waals surface area contributed by atoms with Crippen LogP contribution in [0.1, 0.15) is 33.6 Å². The van der Waals surface area contributed by atoms with Gasteiger partial charge in [-0.3, -0.25) is 9.69 Å². The molecule has 0 aromatic rings. The van der Waals surface area contributed by atoms with Gasteiger partial charge in [0.15, 0.2) is 6.23 Å². The molecule has 1 atom stereocenters. The fourth-order valence-electron chi connectivity index (χ4n) is 1.61. The van der Waals surface area contributed by atoms with Crippen LogP contribution in [0.2, 0.25) is 0 Å². The highest BCUT2D eigenvalue weighted by molar-refractivity contribution is 5.68. The lowest BCUT2D eigenvalue weighted by Crippen LogP contribution is -2.52. The highest BCUT2D eigenvalue weighted by Gasteiger charge is 2.44. The van der Waals surface area contributed by atoms with Crippen LogP contribution in [-0.4, -0.2) is 41.8 Å². The molecule has 0 spiro atoms. The zero-order valence-corrected chi connectivity index (χ0v) is 10.6. The summed E-state index contributed by atoms with van der Waals surface area (Å²) in [5.41, 5.74) is -0.733. The maximum Gasteiger partial charge on any atom is 0.413 e. The van der Waals surface area contributed by atoms with Crippen molar-refractivity contribution in [2.75, 3.05) is 6.54 Å². The number of rotatable bonds is 2. The molecule has 0 aromatic carbocycles. The predicted molar refractivity (Wildman–Crippen MR) is 58.1 cm³/mol. The van der Waals surface area contributed by atoms with E-state index < -0.39 is 36.7 Å². The first-order valence-electron chi connectivity index (χ1n) is 5.61. The number of hydrogen-bond donors (Lipinski definition) is 0. The third-order valence-corrected chi connectivity index (χ3v) is 2.38. The van der Waals surface area contributed by atoms with E-state index in [2.05, 4.69) is 4.74 Å². The SMILES string of the molecule is CC(C)(C)OC(=O)N1CCC(F)(F)C[C@H]1OC=O. The van der Waals surface area contributed by atoms with Crippen molar-refractivity contribution >= 4 is 12.6 Å². The molecule has 7 heteroatoms. The summed E-state index contributed by atoms with van der Waals surface area (Å²) >= 11 is 0. The molecule has 0 radical (unpaired) electrons. The molecule has 1 fully saturated rings. The maximum absolute atomic E-state index is 13.2. The van der Waals surface area contributed by atoms with Crippen LogP contribution >= 0.6 is 0 Å². The van der Waals surface area contributed by atoms with Gasteiger partial charge in [0.05, 0.1) is 6.42 Å². The van der Waals surface area contributed by atoms with Crippen LogP contribution in [0, 0.1) is 0 Å². The second kappa shape index (κ2) is 5.07. The third kappa shape index (κ3) is 4.12. The Morgan fingerprint density at radius 1 is 1.44 bits per heavy atom. The molecule has 1 rings (SSSR count). The van der Waals surface area contributed by atoms with Crippen LogP contribution in [0.15, 0.2) is 0 Å². The van der Waals surface area contributed by atoms with Gasteiger partial charge in [0.1, 0.15) is 5.60 Å². The van der Waals surface area contributed by atoms with Gasteiger partial charge in [-0.05, 0) is 20.8 Å². The Kier molecular flexibility index (Phi) is 4.13. The van der Waals surface area contributed by atoms with Gasteiger partial charge < -0.3 is 9.47 Å². The zero-order valence-electron chi connectivity index (χ0n) is 10.6. The smallest absolute Gasteiger partial charge is 0.413 e. The Morgan fingerprint density at radius 3 is 2.56 bits per heavy atom. The molecule has 0 aliphatic carbocycles. The molecule has 1 amide bonds. The third-order valence-electron chi connectivity index (χ3n) is 2.38. The van der Waals surface area contributed by atoms with Gasteiger partial charge in [0, 0.05) is 13.0 Å². The summed E-state index contributed by atoms with van der Waals surface area (Å²) in [4.78, 5) is 23.1. The number of piperidine rings is 1. The van der Waals surface area contributed by atoms with Crippen molar-refractivity contribution in [3.8, 4) is 0 Å². The summed E-state index contributed by atoms with van der Waals surface area (Å²) in [6.45, 7) is 4.85. The number of hydrogen-bond acceptors (Lipinski definition) is 4. The van der Waals surface area contributed by atoms with E-state index in [4.69, 9.17) is 4.74 Å². The second-order valence-corrected chi connectivity index (χ2v) is 5.17. The molecule has 0 aromatic heterocycles. The molecule has 0 saturated carbocycles. The molecule has 1 aliphatic rings. The van der Waals surface area contributed by atoms with E-state index in [0.29, 0.717) is 0 Å². The number of carbonyl (C=O) groups excluding carboxylic acids is 2. The van der Waals surface area contributed by atoms with Crippen LogP contribution in [0.4, 0.5) is 13.6 Å². The number of halogens is 2. The Balaban J connectivity index is 2.73. The van der Waals surface area contributed by atoms with Crippen LogP contribution in [-0.2, 0) is 14.3 Å². The Labute approximate surface area is 104 Å². The van der Waals surface area contributed by atoms with Crippen molar-refractivity contribution in [1.82, 2.24) is 4.90 Å². The number of alkyl halides is 2. The Bertz CT molecular complexity index is 327. The lowest BCUT2D eigenvalue weighted by atomic mass is 10.1. The average Bonchev–Trinajstić information content (AvgIpc) is 2.13. The predicted octanol–water partition coefficient (Wildman–Crippen LogP) is 2.15. The van der Waals surface area contributed by atoms with Crippen molar-refractivity contribution in [1.29, 1.82) is 0 Å². The van der Waals surface area contributed by atoms with Crippen LogP contribution in [0.25, 0.3) is 0 Å². The van der Waals surface area contributed by atoms with Gasteiger partial charge in [-0.15, -0.1) is 0 Å². The van der Waals surface area contributed by atoms with E-state index >= 15 is 0 Å². The summed E-state index contributed by atoms with van der Waals surface area (Å²) in [6, 6.07) is 0. The average molecular weight is 265 g/mol. The molecule has 5 nitrogen and oxygen atoms in total. The zero-order chi connectivity index (χ0) is 14.0. The van der Waals surface area contributed by atoms with Crippen molar-refractivity contribution in [2.45, 2.75) is 51.4 Å². The normalized spacial score (nSPS) is 23.4. The molecule has 104 valence electrons. The highest BCUT2D eigenvalue weighted by atomic mass is 19.3. The van der Waals surface area contributed by atoms with Crippen molar-refractivity contribution < 1.29 is 27.8 Å². The van der Waals surface area contributed by atoms with Gasteiger partial charge in [-0.1, -0.05) is 0 Å². The van der Waals surface area contributed by atoms with Gasteiger partial charge >= 0.3 is 6.09 Å². The van der Waals surface area contributed by atoms with Gasteiger partial charge in [-0.25, -0.2) is 13.6 Å². The van der Waals surface area contributed by atoms with Crippen molar-refractivity contribution in [2.24, 2.45) is 0 Å². The maximum atomic E-state index is 13.2. The molecule has 0 N–H and O–H groups in total. The molecular weight excluding hydrogens is 248 g/mol. The minimum atomic E-state index is -2.94. The monoisotopic (exact) mass is 265 g/mol. The number of likely N-dealkylation sites (tertiary alicyclic amines) is 1. The summed E-state index contributed by atoms with van der Waals surface area (Å²) in [5.74, 6) is -2.94. The first kappa shape index (κ1) is 14.7. The molecule has 0 bridgehead atoms. The fourth-order valence-corrected chi connectivity index (χ4v) is 1.61. The second-order valence-electron chi connectivity index (χ2n) is 5.17. The Morgan fingerprint density at radius 2 is 2.06 bits per heavy atom. The van der Waals surface area contributed by atoms with E-state index in [9.17, 15) is 18.4 Å². The Hall–Kier alpha value is -1.40. The van der Waals surface area contributed by atoms with E-state index in [0.717, 1.165) is 4.90 Å². The van der Waals surface area contributed by atoms with Crippen LogP contribution in [0.3, 0.4) is 0 Å². The molecule has 1 aliphatic heterocycles. The lowest BCUT2D eigenvalue weighted by molar-refractivity contribution is -0.165. The highest BCUT2D eigenvalue weighted by Crippen LogP contribution is 2.32. The number of amides is 1. The number of nitrogens with zero attached hydrogens (tertiary/aromatic N) is 1. The summed E-state index contributed by atoms with van der Waals surface area (Å²) < 4.78 is 36.0. The van der Waals surface area contributed by atoms with Gasteiger partial charge in [0.25, 0.3) is 12.4 Å². The summed E-state index contributed by atoms with van der Waals surface area (Å²) in [5, 5.41) is 0. The van der Waals surface area contributed by atoms with E-state index in [1.165, 1.54) is 0 Å². The fraction of sp³-hybridized carbons (Fsp3) is 0.818. The first-order valence-corrected chi connectivity index (χ1v) is 5.61. The van der Waals surface area contributed by atoms with Crippen LogP contribution < -0.4 is 0 Å². The van der Waals surface area contributed by atoms with Gasteiger partial charge in [-0.2, -0.15) is 0 Å². The topological polar surface area (TPSA) is 55.8 Å². The standard InChI is InChI=1S/C11H17F2NO4/c1-10(2,3)18-9(16)14-5-4-11(12,13)6-8(14)17-7-15/h7-8H,4-6H2,1-3H3/t8-/m1/s1. The van der Waals surface area contributed by atoms with Crippen LogP contribution in [0.5, 0.6) is 0 Å². The minimum Gasteiger partial charge on any atom is -0.444 e. The van der Waals surface area contributed by atoms with E-state index in [1.54, 1.807) is 20.8 Å². The molecule has 18 heavy (non-hydrogen) atoms. The van der Waals surface area contributed by atoms with Crippen molar-refractivity contribution in [3.05, 3.63) is 0 Å². The molecule has 1 heterocycles.